The molecule has 0 aromatic rings. The van der Waals surface area contributed by atoms with Crippen LogP contribution in [-0.2, 0) is 13.5 Å². The monoisotopic (exact) mass is 658 g/mol. The van der Waals surface area contributed by atoms with Crippen molar-refractivity contribution in [3.8, 4) is 0 Å². The molecule has 0 unspecified atom stereocenters. The van der Waals surface area contributed by atoms with Gasteiger partial charge in [-0.1, -0.05) is 0 Å². The molecule has 0 rings (SSSR count). The van der Waals surface area contributed by atoms with Gasteiger partial charge in [0.15, 0.2) is 0 Å². The first-order chi connectivity index (χ1) is 8.34. The van der Waals surface area contributed by atoms with E-state index in [4.69, 9.17) is 0 Å². The van der Waals surface area contributed by atoms with Crippen molar-refractivity contribution < 1.29 is 13.5 Å². The van der Waals surface area contributed by atoms with Crippen LogP contribution in [0, 0.1) is 0 Å². The molecule has 0 aliphatic rings. The van der Waals surface area contributed by atoms with Gasteiger partial charge >= 0.3 is 40.6 Å². The molecular formula is C12H40Br2OsP4+4. The van der Waals surface area contributed by atoms with E-state index in [1.54, 1.807) is 0 Å². The van der Waals surface area contributed by atoms with Crippen molar-refractivity contribution in [2.24, 2.45) is 0 Å². The standard InChI is InChI=1S/4C3H9P.2BrH.Os/c4*1-4(2)3;;;/h4*1-3H3;2*1H;/q;;;;;;+2/p+2. The topological polar surface area (TPSA) is 0 Å². The Hall–Kier alpha value is 3.32. The van der Waals surface area contributed by atoms with E-state index >= 15 is 0 Å². The molecule has 0 saturated carbocycles. The van der Waals surface area contributed by atoms with E-state index in [-0.39, 0.29) is 45.1 Å². The predicted molar refractivity (Wildman–Crippen MR) is 122 cm³/mol. The molecule has 19 heavy (non-hydrogen) atoms. The van der Waals surface area contributed by atoms with Crippen LogP contribution >= 0.6 is 58.8 Å². The third kappa shape index (κ3) is 723. The summed E-state index contributed by atoms with van der Waals surface area (Å²) >= 11 is 6.44. The van der Waals surface area contributed by atoms with E-state index in [0.717, 1.165) is 0 Å². The molecule has 0 aliphatic heterocycles. The summed E-state index contributed by atoms with van der Waals surface area (Å²) in [6.45, 7) is 27.2. The molecule has 0 bridgehead atoms. The molecule has 0 spiro atoms. The molecule has 0 amide bonds. The van der Waals surface area contributed by atoms with Gasteiger partial charge < -0.3 is 0 Å². The SMILES string of the molecule is C[PH+](C)C.C[PH+](C)C.C[PH+](C)C.C[PH+](C)C.[Br][Os][Br]. The van der Waals surface area contributed by atoms with E-state index in [1.807, 2.05) is 0 Å². The Morgan fingerprint density at radius 2 is 0.421 bits per heavy atom. The molecule has 0 atom stereocenters. The Balaban J connectivity index is -0.0000000432. The Labute approximate surface area is 151 Å². The van der Waals surface area contributed by atoms with Crippen LogP contribution < -0.4 is 0 Å². The van der Waals surface area contributed by atoms with Crippen molar-refractivity contribution in [2.45, 2.75) is 0 Å². The van der Waals surface area contributed by atoms with E-state index in [1.165, 1.54) is 0 Å². The number of hydrogen-bond acceptors (Lipinski definition) is 0. The molecule has 0 N–H and O–H groups in total. The average molecular weight is 658 g/mol. The minimum absolute atomic E-state index is 0.0417. The van der Waals surface area contributed by atoms with Gasteiger partial charge in [-0.25, -0.2) is 0 Å². The van der Waals surface area contributed by atoms with Crippen molar-refractivity contribution in [1.82, 2.24) is 0 Å². The Bertz CT molecular complexity index is 80.9. The summed E-state index contributed by atoms with van der Waals surface area (Å²) in [5.74, 6) is 0. The zero-order chi connectivity index (χ0) is 17.0. The van der Waals surface area contributed by atoms with Crippen LogP contribution in [-0.4, -0.2) is 80.0 Å². The minimum atomic E-state index is 0.0417. The molecule has 0 aromatic carbocycles. The van der Waals surface area contributed by atoms with Crippen LogP contribution in [0.15, 0.2) is 0 Å². The average Bonchev–Trinajstić information content (AvgIpc) is 1.97. The first-order valence-corrected chi connectivity index (χ1v) is 29.4. The van der Waals surface area contributed by atoms with Gasteiger partial charge in [0.25, 0.3) is 0 Å². The van der Waals surface area contributed by atoms with E-state index in [9.17, 15) is 0 Å². The normalized spacial score (nSPS) is 8.74. The fourth-order valence-electron chi connectivity index (χ4n) is 0. The summed E-state index contributed by atoms with van der Waals surface area (Å²) < 4.78 is 0. The second-order valence-electron chi connectivity index (χ2n) is 6.05. The molecule has 126 valence electrons. The molecule has 7 heteroatoms. The second kappa shape index (κ2) is 33.0. The van der Waals surface area contributed by atoms with Gasteiger partial charge in [-0.2, -0.15) is 0 Å². The fourth-order valence-corrected chi connectivity index (χ4v) is 0. The van der Waals surface area contributed by atoms with Gasteiger partial charge in [0, 0.05) is 80.0 Å². The van der Waals surface area contributed by atoms with Crippen molar-refractivity contribution >= 4 is 58.8 Å². The Morgan fingerprint density at radius 3 is 0.421 bits per heavy atom. The van der Waals surface area contributed by atoms with E-state index < -0.39 is 0 Å². The zero-order valence-electron chi connectivity index (χ0n) is 15.1. The second-order valence-corrected chi connectivity index (χ2v) is 29.2. The first kappa shape index (κ1) is 33.8. The maximum absolute atomic E-state index is 3.20. The number of hydrogen-bond donors (Lipinski definition) is 0. The van der Waals surface area contributed by atoms with Gasteiger partial charge in [-0.05, 0) is 31.7 Å². The summed E-state index contributed by atoms with van der Waals surface area (Å²) in [5.41, 5.74) is 0. The fraction of sp³-hybridized carbons (Fsp3) is 1.00. The molecule has 0 saturated heterocycles. The molecule has 0 aromatic heterocycles. The molecular weight excluding hydrogens is 618 g/mol. The molecule has 0 radical (unpaired) electrons. The van der Waals surface area contributed by atoms with Crippen molar-refractivity contribution in [2.75, 3.05) is 80.0 Å². The maximum atomic E-state index is 3.20. The third-order valence-electron chi connectivity index (χ3n) is 0. The summed E-state index contributed by atoms with van der Waals surface area (Å²) in [4.78, 5) is 0. The van der Waals surface area contributed by atoms with Gasteiger partial charge in [-0.15, -0.1) is 0 Å². The van der Waals surface area contributed by atoms with Gasteiger partial charge in [0.05, 0.1) is 0 Å². The van der Waals surface area contributed by atoms with E-state index in [0.29, 0.717) is 0 Å². The molecule has 0 aliphatic carbocycles. The summed E-state index contributed by atoms with van der Waals surface area (Å²) in [7, 11) is 0.481. The molecule has 0 fully saturated rings. The van der Waals surface area contributed by atoms with Crippen molar-refractivity contribution in [1.29, 1.82) is 0 Å². The Kier molecular flexibility index (Phi) is 58.8. The first-order valence-electron chi connectivity index (χ1n) is 6.27. The van der Waals surface area contributed by atoms with Gasteiger partial charge in [0.1, 0.15) is 0 Å². The van der Waals surface area contributed by atoms with Crippen LogP contribution in [0.4, 0.5) is 0 Å². The number of halogens is 2. The molecule has 0 heterocycles. The van der Waals surface area contributed by atoms with E-state index in [2.05, 4.69) is 107 Å². The van der Waals surface area contributed by atoms with Crippen LogP contribution in [0.1, 0.15) is 0 Å². The van der Waals surface area contributed by atoms with Crippen molar-refractivity contribution in [3.63, 3.8) is 0 Å². The van der Waals surface area contributed by atoms with Crippen molar-refractivity contribution in [3.05, 3.63) is 0 Å². The predicted octanol–water partition coefficient (Wildman–Crippen LogP) is 6.05. The van der Waals surface area contributed by atoms with Gasteiger partial charge in [-0.3, -0.25) is 0 Å². The Morgan fingerprint density at radius 1 is 0.421 bits per heavy atom. The van der Waals surface area contributed by atoms with Crippen LogP contribution in [0.5, 0.6) is 0 Å². The third-order valence-corrected chi connectivity index (χ3v) is 0. The van der Waals surface area contributed by atoms with Crippen LogP contribution in [0.2, 0.25) is 0 Å². The van der Waals surface area contributed by atoms with Crippen LogP contribution in [0.3, 0.4) is 0 Å². The summed E-state index contributed by atoms with van der Waals surface area (Å²) in [6.07, 6.45) is 0. The summed E-state index contributed by atoms with van der Waals surface area (Å²) in [5, 5.41) is 0. The molecule has 0 nitrogen and oxygen atoms in total. The van der Waals surface area contributed by atoms with Crippen LogP contribution in [0.25, 0.3) is 0 Å². The summed E-state index contributed by atoms with van der Waals surface area (Å²) in [6, 6.07) is 0. The quantitative estimate of drug-likeness (QED) is 0.279. The zero-order valence-corrected chi connectivity index (χ0v) is 24.8. The van der Waals surface area contributed by atoms with Gasteiger partial charge in [0.2, 0.25) is 0 Å². The number of rotatable bonds is 0.